The van der Waals surface area contributed by atoms with Crippen molar-refractivity contribution in [2.24, 2.45) is 5.73 Å². The molecule has 18 heavy (non-hydrogen) atoms. The Kier molecular flexibility index (Phi) is 2.49. The van der Waals surface area contributed by atoms with Gasteiger partial charge in [0.15, 0.2) is 0 Å². The van der Waals surface area contributed by atoms with E-state index in [9.17, 15) is 4.79 Å². The second-order valence-electron chi connectivity index (χ2n) is 6.12. The topological polar surface area (TPSA) is 55.1 Å². The maximum Gasteiger partial charge on any atom is 0.248 e. The summed E-state index contributed by atoms with van der Waals surface area (Å²) in [5, 5.41) is 3.63. The van der Waals surface area contributed by atoms with Gasteiger partial charge in [-0.1, -0.05) is 19.9 Å². The zero-order valence-electron chi connectivity index (χ0n) is 11.0. The molecular weight excluding hydrogens is 224 g/mol. The third-order valence-corrected chi connectivity index (χ3v) is 4.74. The number of hydrogen-bond acceptors (Lipinski definition) is 2. The van der Waals surface area contributed by atoms with Gasteiger partial charge >= 0.3 is 0 Å². The molecule has 0 saturated carbocycles. The minimum Gasteiger partial charge on any atom is -0.366 e. The zero-order valence-corrected chi connectivity index (χ0v) is 11.0. The van der Waals surface area contributed by atoms with Crippen LogP contribution in [0.3, 0.4) is 0 Å². The summed E-state index contributed by atoms with van der Waals surface area (Å²) in [7, 11) is 0. The molecule has 3 heteroatoms. The van der Waals surface area contributed by atoms with Gasteiger partial charge in [-0.2, -0.15) is 0 Å². The molecule has 0 radical (unpaired) electrons. The number of hydrogen-bond donors (Lipinski definition) is 2. The lowest BCUT2D eigenvalue weighted by molar-refractivity contribution is 0.1000. The van der Waals surface area contributed by atoms with Crippen molar-refractivity contribution in [2.45, 2.75) is 44.1 Å². The first-order valence-corrected chi connectivity index (χ1v) is 6.68. The number of carbonyl (C=O) groups is 1. The van der Waals surface area contributed by atoms with Crippen LogP contribution in [0.1, 0.15) is 54.1 Å². The normalized spacial score (nSPS) is 28.6. The van der Waals surface area contributed by atoms with Crippen molar-refractivity contribution in [3.63, 3.8) is 0 Å². The van der Waals surface area contributed by atoms with Gasteiger partial charge in [-0.15, -0.1) is 0 Å². The van der Waals surface area contributed by atoms with Crippen LogP contribution in [-0.2, 0) is 5.41 Å². The van der Waals surface area contributed by atoms with Crippen molar-refractivity contribution in [3.05, 3.63) is 34.9 Å². The molecule has 1 amide bonds. The molecule has 1 heterocycles. The number of benzene rings is 1. The molecule has 3 rings (SSSR count). The number of primary amides is 1. The van der Waals surface area contributed by atoms with Crippen LogP contribution >= 0.6 is 0 Å². The van der Waals surface area contributed by atoms with Gasteiger partial charge in [0.1, 0.15) is 0 Å². The lowest BCUT2D eigenvalue weighted by Gasteiger charge is -2.47. The van der Waals surface area contributed by atoms with Crippen molar-refractivity contribution in [1.82, 2.24) is 5.32 Å². The first kappa shape index (κ1) is 11.7. The van der Waals surface area contributed by atoms with Gasteiger partial charge in [0.25, 0.3) is 0 Å². The van der Waals surface area contributed by atoms with E-state index in [0.717, 1.165) is 13.0 Å². The Labute approximate surface area is 108 Å². The van der Waals surface area contributed by atoms with E-state index in [4.69, 9.17) is 5.73 Å². The average Bonchev–Trinajstić information content (AvgIpc) is 2.37. The van der Waals surface area contributed by atoms with E-state index in [0.29, 0.717) is 17.5 Å². The summed E-state index contributed by atoms with van der Waals surface area (Å²) in [5.41, 5.74) is 8.88. The monoisotopic (exact) mass is 244 g/mol. The van der Waals surface area contributed by atoms with Gasteiger partial charge in [-0.3, -0.25) is 4.79 Å². The molecule has 2 aliphatic rings. The third kappa shape index (κ3) is 1.57. The van der Waals surface area contributed by atoms with Crippen molar-refractivity contribution in [3.8, 4) is 0 Å². The van der Waals surface area contributed by atoms with Crippen LogP contribution in [0.2, 0.25) is 0 Å². The van der Waals surface area contributed by atoms with Crippen molar-refractivity contribution in [2.75, 3.05) is 6.54 Å². The Morgan fingerprint density at radius 2 is 2.22 bits per heavy atom. The van der Waals surface area contributed by atoms with E-state index in [-0.39, 0.29) is 11.3 Å². The van der Waals surface area contributed by atoms with Gasteiger partial charge in [0.2, 0.25) is 5.91 Å². The van der Waals surface area contributed by atoms with Crippen LogP contribution in [0.25, 0.3) is 0 Å². The van der Waals surface area contributed by atoms with Gasteiger partial charge in [-0.05, 0) is 48.6 Å². The van der Waals surface area contributed by atoms with Crippen molar-refractivity contribution < 1.29 is 4.79 Å². The first-order chi connectivity index (χ1) is 8.50. The Balaban J connectivity index is 2.15. The van der Waals surface area contributed by atoms with E-state index < -0.39 is 0 Å². The molecule has 1 aromatic carbocycles. The highest BCUT2D eigenvalue weighted by Crippen LogP contribution is 2.46. The van der Waals surface area contributed by atoms with Crippen LogP contribution in [-0.4, -0.2) is 18.5 Å². The minimum absolute atomic E-state index is 0.127. The van der Waals surface area contributed by atoms with Crippen LogP contribution in [0.15, 0.2) is 18.2 Å². The Bertz CT molecular complexity index is 507. The molecule has 0 aromatic heterocycles. The second kappa shape index (κ2) is 3.82. The highest BCUT2D eigenvalue weighted by Gasteiger charge is 2.42. The summed E-state index contributed by atoms with van der Waals surface area (Å²) >= 11 is 0. The summed E-state index contributed by atoms with van der Waals surface area (Å²) in [4.78, 5) is 11.3. The average molecular weight is 244 g/mol. The zero-order chi connectivity index (χ0) is 12.9. The molecule has 2 bridgehead atoms. The molecule has 1 aromatic rings. The van der Waals surface area contributed by atoms with E-state index in [1.165, 1.54) is 17.5 Å². The molecule has 2 atom stereocenters. The molecule has 0 spiro atoms. The summed E-state index contributed by atoms with van der Waals surface area (Å²) in [6.45, 7) is 5.64. The fourth-order valence-corrected chi connectivity index (χ4v) is 3.58. The molecule has 1 fully saturated rings. The molecule has 3 N–H and O–H groups in total. The van der Waals surface area contributed by atoms with Crippen LogP contribution in [0.5, 0.6) is 0 Å². The largest absolute Gasteiger partial charge is 0.366 e. The Morgan fingerprint density at radius 1 is 1.44 bits per heavy atom. The number of nitrogens with two attached hydrogens (primary N) is 1. The van der Waals surface area contributed by atoms with Gasteiger partial charge < -0.3 is 11.1 Å². The summed E-state index contributed by atoms with van der Waals surface area (Å²) in [6, 6.07) is 6.53. The van der Waals surface area contributed by atoms with Crippen LogP contribution in [0, 0.1) is 0 Å². The first-order valence-electron chi connectivity index (χ1n) is 6.68. The van der Waals surface area contributed by atoms with Crippen molar-refractivity contribution in [1.29, 1.82) is 0 Å². The highest BCUT2D eigenvalue weighted by molar-refractivity contribution is 5.93. The van der Waals surface area contributed by atoms with E-state index in [2.05, 4.69) is 25.2 Å². The minimum atomic E-state index is -0.327. The maximum atomic E-state index is 11.3. The predicted octanol–water partition coefficient (Wildman–Crippen LogP) is 1.91. The maximum absolute atomic E-state index is 11.3. The van der Waals surface area contributed by atoms with Crippen LogP contribution in [0.4, 0.5) is 0 Å². The van der Waals surface area contributed by atoms with Gasteiger partial charge in [-0.25, -0.2) is 0 Å². The number of fused-ring (bicyclic) bond motifs is 4. The van der Waals surface area contributed by atoms with E-state index in [1.807, 2.05) is 12.1 Å². The quantitative estimate of drug-likeness (QED) is 0.793. The van der Waals surface area contributed by atoms with Gasteiger partial charge in [0, 0.05) is 17.0 Å². The molecule has 1 saturated heterocycles. The Hall–Kier alpha value is -1.35. The molecule has 1 aliphatic heterocycles. The van der Waals surface area contributed by atoms with E-state index >= 15 is 0 Å². The van der Waals surface area contributed by atoms with Crippen molar-refractivity contribution >= 4 is 5.91 Å². The third-order valence-electron chi connectivity index (χ3n) is 4.74. The number of nitrogens with one attached hydrogen (secondary N) is 1. The Morgan fingerprint density at radius 3 is 2.94 bits per heavy atom. The molecular formula is C15H20N2O. The van der Waals surface area contributed by atoms with Crippen LogP contribution < -0.4 is 11.1 Å². The second-order valence-corrected chi connectivity index (χ2v) is 6.12. The predicted molar refractivity (Wildman–Crippen MR) is 71.8 cm³/mol. The molecule has 2 unspecified atom stereocenters. The molecule has 96 valence electrons. The van der Waals surface area contributed by atoms with Gasteiger partial charge in [0.05, 0.1) is 0 Å². The fourth-order valence-electron chi connectivity index (χ4n) is 3.58. The number of rotatable bonds is 1. The lowest BCUT2D eigenvalue weighted by Crippen LogP contribution is -2.52. The summed E-state index contributed by atoms with van der Waals surface area (Å²) in [5.74, 6) is 0.255. The number of piperidine rings is 1. The number of carbonyl (C=O) groups excluding carboxylic acids is 1. The van der Waals surface area contributed by atoms with E-state index in [1.54, 1.807) is 0 Å². The summed E-state index contributed by atoms with van der Waals surface area (Å²) < 4.78 is 0. The highest BCUT2D eigenvalue weighted by atomic mass is 16.1. The smallest absolute Gasteiger partial charge is 0.248 e. The molecule has 1 aliphatic carbocycles. The molecule has 3 nitrogen and oxygen atoms in total. The standard InChI is InChI=1S/C15H20N2O/c1-15(2)12-4-3-10(14(16)18)7-11(12)9-5-6-17-13(15)8-9/h3-4,7,9,13,17H,5-6,8H2,1-2H3,(H2,16,18). The fraction of sp³-hybridized carbons (Fsp3) is 0.533. The SMILES string of the molecule is CC1(C)c2ccc(C(N)=O)cc2C2CCNC1C2. The summed E-state index contributed by atoms with van der Waals surface area (Å²) in [6.07, 6.45) is 2.32. The lowest BCUT2D eigenvalue weighted by atomic mass is 9.63. The number of amides is 1.